The number of thioether (sulfide) groups is 1. The van der Waals surface area contributed by atoms with E-state index in [2.05, 4.69) is 10.0 Å². The average molecular weight is 546 g/mol. The summed E-state index contributed by atoms with van der Waals surface area (Å²) in [6.07, 6.45) is -0.149. The van der Waals surface area contributed by atoms with Crippen molar-refractivity contribution in [1.29, 1.82) is 0 Å². The Morgan fingerprint density at radius 3 is 2.29 bits per heavy atom. The number of benzene rings is 2. The zero-order valence-corrected chi connectivity index (χ0v) is 21.0. The van der Waals surface area contributed by atoms with Crippen LogP contribution in [0, 0.1) is 0 Å². The van der Waals surface area contributed by atoms with Crippen LogP contribution >= 0.6 is 35.0 Å². The molecule has 13 heteroatoms. The molecule has 1 fully saturated rings. The molecule has 3 N–H and O–H groups in total. The van der Waals surface area contributed by atoms with Gasteiger partial charge in [0.25, 0.3) is 10.0 Å². The predicted molar refractivity (Wildman–Crippen MR) is 131 cm³/mol. The molecule has 1 heterocycles. The van der Waals surface area contributed by atoms with Crippen LogP contribution in [0.25, 0.3) is 0 Å². The fourth-order valence-corrected chi connectivity index (χ4v) is 6.55. The number of halogens is 2. The van der Waals surface area contributed by atoms with Crippen LogP contribution in [-0.4, -0.2) is 59.9 Å². The van der Waals surface area contributed by atoms with Gasteiger partial charge < -0.3 is 5.11 Å². The van der Waals surface area contributed by atoms with E-state index in [1.807, 2.05) is 0 Å². The highest BCUT2D eigenvalue weighted by molar-refractivity contribution is 7.99. The van der Waals surface area contributed by atoms with Gasteiger partial charge in [-0.25, -0.2) is 13.2 Å². The lowest BCUT2D eigenvalue weighted by atomic mass is 10.0. The molecule has 182 valence electrons. The molecule has 0 spiro atoms. The van der Waals surface area contributed by atoms with Crippen LogP contribution in [0.3, 0.4) is 0 Å². The Morgan fingerprint density at radius 1 is 1.18 bits per heavy atom. The number of carbonyl (C=O) groups is 3. The van der Waals surface area contributed by atoms with Gasteiger partial charge in [0, 0.05) is 30.7 Å². The Kier molecular flexibility index (Phi) is 8.47. The standard InChI is InChI=1S/C21H21Cl2N3O6S2/c1-12(27)26(20(28)17-10-33-11-24-17)18(21(29)30)9-13-5-7-14(8-6-13)25-34(31,32)19-15(22)3-2-4-16(19)23/h2-8,17-18,24-25H,9-11H2,1H3,(H,29,30)/t17-,18-/m0/s1. The summed E-state index contributed by atoms with van der Waals surface area (Å²) in [6.45, 7) is 1.15. The lowest BCUT2D eigenvalue weighted by Crippen LogP contribution is -2.54. The van der Waals surface area contributed by atoms with Crippen molar-refractivity contribution < 1.29 is 27.9 Å². The lowest BCUT2D eigenvalue weighted by Gasteiger charge is -2.28. The molecule has 0 bridgehead atoms. The zero-order chi connectivity index (χ0) is 25.0. The first kappa shape index (κ1) is 26.3. The van der Waals surface area contributed by atoms with E-state index < -0.39 is 39.9 Å². The Hall–Kier alpha value is -2.31. The van der Waals surface area contributed by atoms with Crippen LogP contribution in [0.2, 0.25) is 10.0 Å². The average Bonchev–Trinajstić information content (AvgIpc) is 3.28. The largest absolute Gasteiger partial charge is 0.480 e. The molecule has 1 aliphatic heterocycles. The number of anilines is 1. The molecule has 34 heavy (non-hydrogen) atoms. The minimum absolute atomic E-state index is 0.0370. The van der Waals surface area contributed by atoms with Crippen molar-refractivity contribution in [1.82, 2.24) is 10.2 Å². The minimum atomic E-state index is -4.08. The topological polar surface area (TPSA) is 133 Å². The van der Waals surface area contributed by atoms with E-state index in [-0.39, 0.29) is 27.0 Å². The maximum absolute atomic E-state index is 12.8. The number of rotatable bonds is 8. The number of amides is 2. The molecular formula is C21H21Cl2N3O6S2. The van der Waals surface area contributed by atoms with Crippen LogP contribution in [-0.2, 0) is 30.8 Å². The Morgan fingerprint density at radius 2 is 1.79 bits per heavy atom. The number of imide groups is 1. The number of aliphatic carboxylic acids is 1. The molecule has 2 aromatic rings. The fraction of sp³-hybridized carbons (Fsp3) is 0.286. The second kappa shape index (κ2) is 11.0. The molecule has 0 aromatic heterocycles. The van der Waals surface area contributed by atoms with E-state index >= 15 is 0 Å². The molecule has 9 nitrogen and oxygen atoms in total. The van der Waals surface area contributed by atoms with Gasteiger partial charge in [-0.2, -0.15) is 0 Å². The molecule has 0 unspecified atom stereocenters. The number of nitrogens with one attached hydrogen (secondary N) is 2. The summed E-state index contributed by atoms with van der Waals surface area (Å²) in [5, 5.41) is 12.6. The highest BCUT2D eigenvalue weighted by Gasteiger charge is 2.37. The zero-order valence-electron chi connectivity index (χ0n) is 17.8. The monoisotopic (exact) mass is 545 g/mol. The van der Waals surface area contributed by atoms with Crippen molar-refractivity contribution in [2.75, 3.05) is 16.4 Å². The Labute approximate surface area is 210 Å². The summed E-state index contributed by atoms with van der Waals surface area (Å²) in [7, 11) is -4.08. The first-order chi connectivity index (χ1) is 16.0. The summed E-state index contributed by atoms with van der Waals surface area (Å²) >= 11 is 13.5. The lowest BCUT2D eigenvalue weighted by molar-refractivity contribution is -0.157. The van der Waals surface area contributed by atoms with Gasteiger partial charge in [0.1, 0.15) is 10.9 Å². The van der Waals surface area contributed by atoms with Crippen LogP contribution in [0.15, 0.2) is 47.4 Å². The third-order valence-electron chi connectivity index (χ3n) is 5.01. The number of hydrogen-bond donors (Lipinski definition) is 3. The van der Waals surface area contributed by atoms with Gasteiger partial charge in [-0.1, -0.05) is 41.4 Å². The molecule has 1 aliphatic rings. The maximum Gasteiger partial charge on any atom is 0.327 e. The molecule has 0 radical (unpaired) electrons. The molecule has 3 rings (SSSR count). The molecule has 0 aliphatic carbocycles. The first-order valence-electron chi connectivity index (χ1n) is 9.94. The highest BCUT2D eigenvalue weighted by Crippen LogP contribution is 2.30. The maximum atomic E-state index is 12.8. The van der Waals surface area contributed by atoms with Gasteiger partial charge >= 0.3 is 5.97 Å². The summed E-state index contributed by atoms with van der Waals surface area (Å²) in [5.74, 6) is -1.61. The molecule has 1 saturated heterocycles. The highest BCUT2D eigenvalue weighted by atomic mass is 35.5. The molecule has 0 saturated carbocycles. The summed E-state index contributed by atoms with van der Waals surface area (Å²) in [5.41, 5.74) is 0.678. The normalized spacial score (nSPS) is 16.6. The SMILES string of the molecule is CC(=O)N(C(=O)[C@@H]1CSCN1)[C@@H](Cc1ccc(NS(=O)(=O)c2c(Cl)cccc2Cl)cc1)C(=O)O. The van der Waals surface area contributed by atoms with E-state index in [1.165, 1.54) is 54.2 Å². The van der Waals surface area contributed by atoms with Crippen molar-refractivity contribution >= 4 is 68.5 Å². The van der Waals surface area contributed by atoms with E-state index in [9.17, 15) is 27.9 Å². The number of hydrogen-bond acceptors (Lipinski definition) is 7. The summed E-state index contributed by atoms with van der Waals surface area (Å²) < 4.78 is 27.8. The minimum Gasteiger partial charge on any atom is -0.480 e. The summed E-state index contributed by atoms with van der Waals surface area (Å²) in [6, 6.07) is 8.16. The van der Waals surface area contributed by atoms with Crippen molar-refractivity contribution in [3.8, 4) is 0 Å². The molecular weight excluding hydrogens is 525 g/mol. The van der Waals surface area contributed by atoms with E-state index in [0.717, 1.165) is 11.8 Å². The van der Waals surface area contributed by atoms with Gasteiger partial charge in [-0.15, -0.1) is 11.8 Å². The van der Waals surface area contributed by atoms with Crippen LogP contribution in [0.5, 0.6) is 0 Å². The van der Waals surface area contributed by atoms with E-state index in [4.69, 9.17) is 23.2 Å². The number of carboxylic acid groups (broad SMARTS) is 1. The van der Waals surface area contributed by atoms with Crippen LogP contribution in [0.4, 0.5) is 5.69 Å². The van der Waals surface area contributed by atoms with Gasteiger partial charge in [0.2, 0.25) is 11.8 Å². The molecule has 2 amide bonds. The first-order valence-corrected chi connectivity index (χ1v) is 13.3. The smallest absolute Gasteiger partial charge is 0.327 e. The quantitative estimate of drug-likeness (QED) is 0.461. The third kappa shape index (κ3) is 6.02. The number of nitrogens with zero attached hydrogens (tertiary/aromatic N) is 1. The third-order valence-corrected chi connectivity index (χ3v) is 8.29. The van der Waals surface area contributed by atoms with Gasteiger partial charge in [-0.3, -0.25) is 24.5 Å². The van der Waals surface area contributed by atoms with Crippen molar-refractivity contribution in [3.63, 3.8) is 0 Å². The second-order valence-electron chi connectivity index (χ2n) is 7.41. The van der Waals surface area contributed by atoms with Gasteiger partial charge in [0.15, 0.2) is 0 Å². The van der Waals surface area contributed by atoms with Crippen LogP contribution in [0.1, 0.15) is 12.5 Å². The Bertz CT molecular complexity index is 1180. The number of carbonyl (C=O) groups excluding carboxylic acids is 2. The molecule has 2 aromatic carbocycles. The second-order valence-corrected chi connectivity index (χ2v) is 10.9. The fourth-order valence-electron chi connectivity index (χ4n) is 3.42. The van der Waals surface area contributed by atoms with Gasteiger partial charge in [0.05, 0.1) is 16.1 Å². The number of carboxylic acids is 1. The van der Waals surface area contributed by atoms with E-state index in [0.29, 0.717) is 17.2 Å². The summed E-state index contributed by atoms with van der Waals surface area (Å²) in [4.78, 5) is 37.4. The van der Waals surface area contributed by atoms with Crippen LogP contribution < -0.4 is 10.0 Å². The van der Waals surface area contributed by atoms with Crippen molar-refractivity contribution in [3.05, 3.63) is 58.1 Å². The van der Waals surface area contributed by atoms with Gasteiger partial charge in [-0.05, 0) is 29.8 Å². The predicted octanol–water partition coefficient (Wildman–Crippen LogP) is 2.83. The van der Waals surface area contributed by atoms with E-state index in [1.54, 1.807) is 0 Å². The number of sulfonamides is 1. The van der Waals surface area contributed by atoms with Crippen molar-refractivity contribution in [2.24, 2.45) is 0 Å². The Balaban J connectivity index is 1.79. The molecule has 2 atom stereocenters. The van der Waals surface area contributed by atoms with Crippen molar-refractivity contribution in [2.45, 2.75) is 30.3 Å².